The van der Waals surface area contributed by atoms with Crippen molar-refractivity contribution in [3.05, 3.63) is 0 Å². The summed E-state index contributed by atoms with van der Waals surface area (Å²) in [7, 11) is 0. The molecular weight excluding hydrogens is 604 g/mol. The average Bonchev–Trinajstić information content (AvgIpc) is 3.09. The zero-order valence-electron chi connectivity index (χ0n) is 34.0. The van der Waals surface area contributed by atoms with Crippen LogP contribution < -0.4 is 0 Å². The van der Waals surface area contributed by atoms with Crippen LogP contribution in [-0.2, 0) is 19.1 Å². The standard InChI is InChI=1S/C45H88O4/c1-5-9-13-15-17-21-27-33-42(35-29-23-19-25-31-37-44(46)48-39-11-7-3)41-43(34-28-22-18-16-14-10-6-2)36-30-24-20-26-32-38-45(47)49-40-12-8-4/h42-43H,5-41H2,1-4H3. The van der Waals surface area contributed by atoms with E-state index in [9.17, 15) is 9.59 Å². The summed E-state index contributed by atoms with van der Waals surface area (Å²) in [6, 6.07) is 0. The number of rotatable bonds is 40. The molecule has 0 aliphatic rings. The molecule has 292 valence electrons. The molecule has 2 unspecified atom stereocenters. The smallest absolute Gasteiger partial charge is 0.305 e. The van der Waals surface area contributed by atoms with Crippen molar-refractivity contribution in [3.63, 3.8) is 0 Å². The zero-order chi connectivity index (χ0) is 35.9. The Kier molecular flexibility index (Phi) is 38.9. The topological polar surface area (TPSA) is 52.6 Å². The maximum Gasteiger partial charge on any atom is 0.305 e. The first kappa shape index (κ1) is 47.9. The number of hydrogen-bond donors (Lipinski definition) is 0. The van der Waals surface area contributed by atoms with Crippen LogP contribution in [0.15, 0.2) is 0 Å². The van der Waals surface area contributed by atoms with Gasteiger partial charge in [-0.25, -0.2) is 0 Å². The second kappa shape index (κ2) is 39.7. The highest BCUT2D eigenvalue weighted by atomic mass is 16.5. The molecule has 0 aromatic heterocycles. The van der Waals surface area contributed by atoms with Gasteiger partial charge in [-0.05, 0) is 43.9 Å². The monoisotopic (exact) mass is 693 g/mol. The molecule has 0 spiro atoms. The van der Waals surface area contributed by atoms with Gasteiger partial charge in [-0.15, -0.1) is 0 Å². The molecule has 0 radical (unpaired) electrons. The third-order valence-corrected chi connectivity index (χ3v) is 10.6. The Morgan fingerprint density at radius 2 is 0.612 bits per heavy atom. The molecule has 4 nitrogen and oxygen atoms in total. The molecule has 0 bridgehead atoms. The fourth-order valence-electron chi connectivity index (χ4n) is 7.28. The molecule has 2 atom stereocenters. The molecule has 0 heterocycles. The van der Waals surface area contributed by atoms with Crippen LogP contribution in [0.4, 0.5) is 0 Å². The average molecular weight is 693 g/mol. The number of carbonyl (C=O) groups is 2. The van der Waals surface area contributed by atoms with Crippen molar-refractivity contribution in [1.82, 2.24) is 0 Å². The van der Waals surface area contributed by atoms with E-state index >= 15 is 0 Å². The van der Waals surface area contributed by atoms with Gasteiger partial charge in [-0.1, -0.05) is 207 Å². The van der Waals surface area contributed by atoms with Crippen molar-refractivity contribution in [3.8, 4) is 0 Å². The van der Waals surface area contributed by atoms with Crippen LogP contribution in [0.3, 0.4) is 0 Å². The predicted octanol–water partition coefficient (Wildman–Crippen LogP) is 15.0. The lowest BCUT2D eigenvalue weighted by molar-refractivity contribution is -0.144. The molecule has 0 saturated carbocycles. The van der Waals surface area contributed by atoms with Gasteiger partial charge in [0.05, 0.1) is 13.2 Å². The van der Waals surface area contributed by atoms with Crippen molar-refractivity contribution in [2.24, 2.45) is 11.8 Å². The first-order valence-corrected chi connectivity index (χ1v) is 22.4. The van der Waals surface area contributed by atoms with E-state index in [1.807, 2.05) is 0 Å². The lowest BCUT2D eigenvalue weighted by atomic mass is 9.81. The van der Waals surface area contributed by atoms with Crippen molar-refractivity contribution in [2.45, 2.75) is 252 Å². The highest BCUT2D eigenvalue weighted by molar-refractivity contribution is 5.69. The summed E-state index contributed by atoms with van der Waals surface area (Å²) < 4.78 is 10.7. The first-order valence-electron chi connectivity index (χ1n) is 22.4. The summed E-state index contributed by atoms with van der Waals surface area (Å²) >= 11 is 0. The van der Waals surface area contributed by atoms with Crippen LogP contribution in [0.2, 0.25) is 0 Å². The lowest BCUT2D eigenvalue weighted by Crippen LogP contribution is -2.11. The van der Waals surface area contributed by atoms with E-state index in [2.05, 4.69) is 27.7 Å². The van der Waals surface area contributed by atoms with Gasteiger partial charge in [-0.2, -0.15) is 0 Å². The van der Waals surface area contributed by atoms with Gasteiger partial charge >= 0.3 is 11.9 Å². The van der Waals surface area contributed by atoms with Gasteiger partial charge in [0, 0.05) is 12.8 Å². The molecule has 0 N–H and O–H groups in total. The number of esters is 2. The Morgan fingerprint density at radius 3 is 0.918 bits per heavy atom. The molecule has 0 amide bonds. The highest BCUT2D eigenvalue weighted by Gasteiger charge is 2.17. The summed E-state index contributed by atoms with van der Waals surface area (Å²) in [5.41, 5.74) is 0. The maximum atomic E-state index is 11.9. The van der Waals surface area contributed by atoms with Crippen LogP contribution in [0, 0.1) is 11.8 Å². The van der Waals surface area contributed by atoms with E-state index in [0.29, 0.717) is 26.1 Å². The van der Waals surface area contributed by atoms with Crippen molar-refractivity contribution in [1.29, 1.82) is 0 Å². The molecule has 49 heavy (non-hydrogen) atoms. The molecule has 0 rings (SSSR count). The molecule has 0 aromatic rings. The van der Waals surface area contributed by atoms with E-state index in [1.165, 1.54) is 161 Å². The molecule has 4 heteroatoms. The Bertz CT molecular complexity index is 621. The molecule has 0 aliphatic carbocycles. The van der Waals surface area contributed by atoms with Gasteiger partial charge in [0.25, 0.3) is 0 Å². The maximum absolute atomic E-state index is 11.9. The predicted molar refractivity (Wildman–Crippen MR) is 213 cm³/mol. The van der Waals surface area contributed by atoms with Gasteiger partial charge in [0.2, 0.25) is 0 Å². The van der Waals surface area contributed by atoms with Crippen LogP contribution in [0.5, 0.6) is 0 Å². The number of unbranched alkanes of at least 4 members (excludes halogenated alkanes) is 22. The van der Waals surface area contributed by atoms with Crippen LogP contribution in [0.1, 0.15) is 252 Å². The number of ether oxygens (including phenoxy) is 2. The van der Waals surface area contributed by atoms with Crippen LogP contribution >= 0.6 is 0 Å². The van der Waals surface area contributed by atoms with Crippen molar-refractivity contribution in [2.75, 3.05) is 13.2 Å². The van der Waals surface area contributed by atoms with Crippen molar-refractivity contribution >= 4 is 11.9 Å². The van der Waals surface area contributed by atoms with E-state index in [-0.39, 0.29) is 11.9 Å². The summed E-state index contributed by atoms with van der Waals surface area (Å²) in [4.78, 5) is 23.8. The van der Waals surface area contributed by atoms with Crippen molar-refractivity contribution < 1.29 is 19.1 Å². The summed E-state index contributed by atoms with van der Waals surface area (Å²) in [5.74, 6) is 1.77. The third-order valence-electron chi connectivity index (χ3n) is 10.6. The summed E-state index contributed by atoms with van der Waals surface area (Å²) in [6.45, 7) is 10.1. The lowest BCUT2D eigenvalue weighted by Gasteiger charge is -2.24. The molecule has 0 fully saturated rings. The Hall–Kier alpha value is -1.06. The number of carbonyl (C=O) groups excluding carboxylic acids is 2. The Morgan fingerprint density at radius 1 is 0.347 bits per heavy atom. The van der Waals surface area contributed by atoms with E-state index in [0.717, 1.165) is 63.2 Å². The Balaban J connectivity index is 4.77. The largest absolute Gasteiger partial charge is 0.466 e. The quantitative estimate of drug-likeness (QED) is 0.0474. The first-order chi connectivity index (χ1) is 24.1. The molecule has 0 aromatic carbocycles. The minimum Gasteiger partial charge on any atom is -0.466 e. The minimum absolute atomic E-state index is 0.00212. The van der Waals surface area contributed by atoms with Gasteiger partial charge in [-0.3, -0.25) is 9.59 Å². The molecule has 0 aliphatic heterocycles. The number of hydrogen-bond acceptors (Lipinski definition) is 4. The second-order valence-electron chi connectivity index (χ2n) is 15.5. The Labute approximate surface area is 307 Å². The second-order valence-corrected chi connectivity index (χ2v) is 15.5. The minimum atomic E-state index is -0.00212. The van der Waals surface area contributed by atoms with Gasteiger partial charge < -0.3 is 9.47 Å². The molecule has 0 saturated heterocycles. The van der Waals surface area contributed by atoms with E-state index in [4.69, 9.17) is 9.47 Å². The SMILES string of the molecule is CCCCCCCCCC(CCCCCCCC(=O)OCCCC)CC(CCCCCCCCC)CCCCCCCC(=O)OCCCC. The summed E-state index contributed by atoms with van der Waals surface area (Å²) in [6.07, 6.45) is 44.2. The summed E-state index contributed by atoms with van der Waals surface area (Å²) in [5, 5.41) is 0. The van der Waals surface area contributed by atoms with Gasteiger partial charge in [0.1, 0.15) is 0 Å². The van der Waals surface area contributed by atoms with E-state index < -0.39 is 0 Å². The molecular formula is C45H88O4. The van der Waals surface area contributed by atoms with Gasteiger partial charge in [0.15, 0.2) is 0 Å². The highest BCUT2D eigenvalue weighted by Crippen LogP contribution is 2.31. The third kappa shape index (κ3) is 36.5. The normalized spacial score (nSPS) is 12.7. The van der Waals surface area contributed by atoms with E-state index in [1.54, 1.807) is 0 Å². The van der Waals surface area contributed by atoms with Crippen LogP contribution in [-0.4, -0.2) is 25.2 Å². The zero-order valence-corrected chi connectivity index (χ0v) is 34.0. The fraction of sp³-hybridized carbons (Fsp3) is 0.956. The van der Waals surface area contributed by atoms with Crippen LogP contribution in [0.25, 0.3) is 0 Å². The fourth-order valence-corrected chi connectivity index (χ4v) is 7.28.